The molecule has 2 aliphatic rings. The first kappa shape index (κ1) is 13.6. The van der Waals surface area contributed by atoms with E-state index < -0.39 is 0 Å². The second kappa shape index (κ2) is 5.17. The van der Waals surface area contributed by atoms with Crippen LogP contribution in [-0.2, 0) is 0 Å². The minimum Gasteiger partial charge on any atom is -0.495 e. The van der Waals surface area contributed by atoms with Gasteiger partial charge in [0.05, 0.1) is 12.1 Å². The highest BCUT2D eigenvalue weighted by atomic mass is 35.5. The number of ether oxygens (including phenoxy) is 1. The molecule has 0 aromatic heterocycles. The van der Waals surface area contributed by atoms with Crippen LogP contribution in [0.1, 0.15) is 25.7 Å². The summed E-state index contributed by atoms with van der Waals surface area (Å²) >= 11 is 6.08. The highest BCUT2D eigenvalue weighted by Gasteiger charge is 2.53. The molecule has 1 aromatic carbocycles. The van der Waals surface area contributed by atoms with Gasteiger partial charge in [0.2, 0.25) is 0 Å². The average molecular weight is 294 g/mol. The third-order valence-electron chi connectivity index (χ3n) is 4.32. The quantitative estimate of drug-likeness (QED) is 0.647. The Hall–Kier alpha value is -1.42. The number of guanidine groups is 1. The first-order chi connectivity index (χ1) is 9.63. The van der Waals surface area contributed by atoms with Gasteiger partial charge in [0.1, 0.15) is 5.75 Å². The van der Waals surface area contributed by atoms with E-state index in [1.165, 1.54) is 25.7 Å². The van der Waals surface area contributed by atoms with Crippen molar-refractivity contribution in [1.29, 1.82) is 0 Å². The molecule has 0 atom stereocenters. The van der Waals surface area contributed by atoms with Crippen LogP contribution in [0.2, 0.25) is 5.02 Å². The zero-order chi connectivity index (χ0) is 14.2. The number of rotatable bonds is 5. The van der Waals surface area contributed by atoms with Crippen molar-refractivity contribution in [2.75, 3.05) is 19.0 Å². The zero-order valence-corrected chi connectivity index (χ0v) is 12.4. The van der Waals surface area contributed by atoms with Gasteiger partial charge in [0.25, 0.3) is 0 Å². The number of nitrogens with one attached hydrogen (secondary N) is 1. The van der Waals surface area contributed by atoms with Crippen molar-refractivity contribution in [3.63, 3.8) is 0 Å². The Kier molecular flexibility index (Phi) is 3.50. The summed E-state index contributed by atoms with van der Waals surface area (Å²) in [6.45, 7) is 0.848. The number of nitrogens with zero attached hydrogens (tertiary/aromatic N) is 1. The maximum absolute atomic E-state index is 6.08. The van der Waals surface area contributed by atoms with Gasteiger partial charge in [-0.05, 0) is 55.2 Å². The van der Waals surface area contributed by atoms with Crippen LogP contribution in [0, 0.1) is 11.3 Å². The minimum atomic E-state index is 0.457. The molecule has 2 fully saturated rings. The van der Waals surface area contributed by atoms with Crippen LogP contribution in [0.15, 0.2) is 23.2 Å². The number of halogens is 1. The van der Waals surface area contributed by atoms with Crippen LogP contribution in [0.5, 0.6) is 5.75 Å². The van der Waals surface area contributed by atoms with Gasteiger partial charge in [0, 0.05) is 12.2 Å². The van der Waals surface area contributed by atoms with E-state index in [0.29, 0.717) is 22.1 Å². The monoisotopic (exact) mass is 293 g/mol. The molecule has 3 rings (SSSR count). The van der Waals surface area contributed by atoms with Gasteiger partial charge in [-0.1, -0.05) is 11.6 Å². The van der Waals surface area contributed by atoms with Gasteiger partial charge in [-0.15, -0.1) is 0 Å². The van der Waals surface area contributed by atoms with Crippen molar-refractivity contribution in [2.45, 2.75) is 25.7 Å². The van der Waals surface area contributed by atoms with Crippen LogP contribution in [0.25, 0.3) is 0 Å². The molecule has 0 bridgehead atoms. The number of methoxy groups -OCH3 is 1. The third kappa shape index (κ3) is 2.85. The molecule has 3 N–H and O–H groups in total. The lowest BCUT2D eigenvalue weighted by atomic mass is 10.0. The summed E-state index contributed by atoms with van der Waals surface area (Å²) < 4.78 is 5.12. The van der Waals surface area contributed by atoms with E-state index in [1.807, 2.05) is 12.1 Å². The molecule has 108 valence electrons. The Labute approximate surface area is 124 Å². The molecule has 0 heterocycles. The normalized spacial score (nSPS) is 20.6. The molecule has 2 saturated carbocycles. The second-order valence-electron chi connectivity index (χ2n) is 5.81. The SMILES string of the molecule is COc1ccc(NC(N)=NCC2(C3CC3)CC2)cc1Cl. The number of aliphatic imine (C=N–C) groups is 1. The zero-order valence-electron chi connectivity index (χ0n) is 11.7. The van der Waals surface area contributed by atoms with Gasteiger partial charge >= 0.3 is 0 Å². The maximum Gasteiger partial charge on any atom is 0.193 e. The Morgan fingerprint density at radius 2 is 2.25 bits per heavy atom. The van der Waals surface area contributed by atoms with E-state index in [1.54, 1.807) is 13.2 Å². The van der Waals surface area contributed by atoms with E-state index in [2.05, 4.69) is 10.3 Å². The lowest BCUT2D eigenvalue weighted by Crippen LogP contribution is -2.24. The van der Waals surface area contributed by atoms with E-state index in [4.69, 9.17) is 22.1 Å². The molecular weight excluding hydrogens is 274 g/mol. The lowest BCUT2D eigenvalue weighted by Gasteiger charge is -2.12. The molecule has 20 heavy (non-hydrogen) atoms. The Bertz CT molecular complexity index is 536. The predicted octanol–water partition coefficient (Wildman–Crippen LogP) is 3.27. The van der Waals surface area contributed by atoms with Crippen molar-refractivity contribution in [3.05, 3.63) is 23.2 Å². The third-order valence-corrected chi connectivity index (χ3v) is 4.62. The summed E-state index contributed by atoms with van der Waals surface area (Å²) in [6.07, 6.45) is 5.36. The highest BCUT2D eigenvalue weighted by Crippen LogP contribution is 2.61. The van der Waals surface area contributed by atoms with Crippen LogP contribution in [0.4, 0.5) is 5.69 Å². The first-order valence-electron chi connectivity index (χ1n) is 7.03. The van der Waals surface area contributed by atoms with Crippen LogP contribution in [-0.4, -0.2) is 19.6 Å². The summed E-state index contributed by atoms with van der Waals surface area (Å²) in [6, 6.07) is 5.47. The molecule has 5 heteroatoms. The van der Waals surface area contributed by atoms with Crippen molar-refractivity contribution >= 4 is 23.2 Å². The summed E-state index contributed by atoms with van der Waals surface area (Å²) in [5.41, 5.74) is 7.25. The van der Waals surface area contributed by atoms with Gasteiger partial charge in [-0.25, -0.2) is 0 Å². The largest absolute Gasteiger partial charge is 0.495 e. The fourth-order valence-electron chi connectivity index (χ4n) is 2.73. The molecule has 1 aromatic rings. The molecule has 0 spiro atoms. The average Bonchev–Trinajstić information content (AvgIpc) is 3.28. The standard InChI is InChI=1S/C15H20ClN3O/c1-20-13-5-4-11(8-12(13)16)19-14(17)18-9-15(6-7-15)10-2-3-10/h4-5,8,10H,2-3,6-7,9H2,1H3,(H3,17,18,19). The van der Waals surface area contributed by atoms with E-state index >= 15 is 0 Å². The van der Waals surface area contributed by atoms with Crippen molar-refractivity contribution in [1.82, 2.24) is 0 Å². The summed E-state index contributed by atoms with van der Waals surface area (Å²) in [5, 5.41) is 3.64. The van der Waals surface area contributed by atoms with E-state index in [-0.39, 0.29) is 0 Å². The molecule has 4 nitrogen and oxygen atoms in total. The molecular formula is C15H20ClN3O. The van der Waals surface area contributed by atoms with Crippen LogP contribution in [0.3, 0.4) is 0 Å². The van der Waals surface area contributed by atoms with Crippen molar-refractivity contribution in [3.8, 4) is 5.75 Å². The molecule has 0 amide bonds. The molecule has 0 radical (unpaired) electrons. The van der Waals surface area contributed by atoms with Crippen LogP contribution >= 0.6 is 11.6 Å². The van der Waals surface area contributed by atoms with Gasteiger partial charge in [0.15, 0.2) is 5.96 Å². The molecule has 0 aliphatic heterocycles. The predicted molar refractivity (Wildman–Crippen MR) is 82.5 cm³/mol. The number of benzene rings is 1. The molecule has 0 saturated heterocycles. The highest BCUT2D eigenvalue weighted by molar-refractivity contribution is 6.32. The topological polar surface area (TPSA) is 59.6 Å². The number of hydrogen-bond acceptors (Lipinski definition) is 2. The summed E-state index contributed by atoms with van der Waals surface area (Å²) in [4.78, 5) is 4.50. The fourth-order valence-corrected chi connectivity index (χ4v) is 2.98. The Morgan fingerprint density at radius 1 is 1.50 bits per heavy atom. The Morgan fingerprint density at radius 3 is 2.80 bits per heavy atom. The number of hydrogen-bond donors (Lipinski definition) is 2. The van der Waals surface area contributed by atoms with Crippen molar-refractivity contribution < 1.29 is 4.74 Å². The molecule has 0 unspecified atom stereocenters. The van der Waals surface area contributed by atoms with Crippen molar-refractivity contribution in [2.24, 2.45) is 22.1 Å². The van der Waals surface area contributed by atoms with E-state index in [0.717, 1.165) is 18.2 Å². The van der Waals surface area contributed by atoms with Gasteiger partial charge < -0.3 is 15.8 Å². The second-order valence-corrected chi connectivity index (χ2v) is 6.22. The number of anilines is 1. The van der Waals surface area contributed by atoms with Gasteiger partial charge in [-0.3, -0.25) is 4.99 Å². The summed E-state index contributed by atoms with van der Waals surface area (Å²) in [5.74, 6) is 2.01. The summed E-state index contributed by atoms with van der Waals surface area (Å²) in [7, 11) is 1.59. The van der Waals surface area contributed by atoms with E-state index in [9.17, 15) is 0 Å². The lowest BCUT2D eigenvalue weighted by molar-refractivity contribution is 0.415. The first-order valence-corrected chi connectivity index (χ1v) is 7.41. The maximum atomic E-state index is 6.08. The Balaban J connectivity index is 1.60. The molecule has 2 aliphatic carbocycles. The van der Waals surface area contributed by atoms with Crippen LogP contribution < -0.4 is 15.8 Å². The smallest absolute Gasteiger partial charge is 0.193 e. The fraction of sp³-hybridized carbons (Fsp3) is 0.533. The van der Waals surface area contributed by atoms with Gasteiger partial charge in [-0.2, -0.15) is 0 Å². The number of nitrogens with two attached hydrogens (primary N) is 1. The minimum absolute atomic E-state index is 0.457.